The summed E-state index contributed by atoms with van der Waals surface area (Å²) in [4.78, 5) is 27.5. The molecule has 1 aliphatic carbocycles. The number of rotatable bonds is 9. The Labute approximate surface area is 221 Å². The van der Waals surface area contributed by atoms with Crippen LogP contribution in [-0.2, 0) is 25.6 Å². The Hall–Kier alpha value is -2.92. The molecular weight excluding hydrogens is 519 g/mol. The Morgan fingerprint density at radius 3 is 2.21 bits per heavy atom. The molecule has 1 fully saturated rings. The van der Waals surface area contributed by atoms with Crippen LogP contribution in [0.4, 0.5) is 18.9 Å². The number of hydrogen-bond acceptors (Lipinski definition) is 5. The van der Waals surface area contributed by atoms with Crippen molar-refractivity contribution in [2.45, 2.75) is 68.7 Å². The highest BCUT2D eigenvalue weighted by Crippen LogP contribution is 2.32. The van der Waals surface area contributed by atoms with Gasteiger partial charge < -0.3 is 15.5 Å². The van der Waals surface area contributed by atoms with Crippen LogP contribution in [0, 0.1) is 5.92 Å². The van der Waals surface area contributed by atoms with E-state index >= 15 is 0 Å². The van der Waals surface area contributed by atoms with Crippen molar-refractivity contribution in [1.29, 1.82) is 0 Å². The number of nitrogens with zero attached hydrogens (tertiary/aromatic N) is 1. The maximum absolute atomic E-state index is 13.1. The van der Waals surface area contributed by atoms with Crippen molar-refractivity contribution in [2.24, 2.45) is 5.92 Å². The summed E-state index contributed by atoms with van der Waals surface area (Å²) in [6.07, 6.45) is -3.13. The van der Waals surface area contributed by atoms with Crippen molar-refractivity contribution < 1.29 is 31.2 Å². The van der Waals surface area contributed by atoms with Gasteiger partial charge in [0.1, 0.15) is 6.42 Å². The smallest absolute Gasteiger partial charge is 0.353 e. The van der Waals surface area contributed by atoms with Gasteiger partial charge in [-0.2, -0.15) is 13.2 Å². The third-order valence-electron chi connectivity index (χ3n) is 7.04. The fourth-order valence-electron chi connectivity index (χ4n) is 4.76. The molecule has 38 heavy (non-hydrogen) atoms. The standard InChI is InChI=1S/C27H34F3N3O4S/c1-18(2)33(3)22-13-14-24(19(15-22)17-38(36,37)23-7-5-4-6-8-23)32-26(35)16-25(34)31-21-11-9-20(10-12-21)27(28,29)30/h4-12,18-19,22,24H,13-17H2,1-3H3,(H,31,34)(H,32,35)/t19-,22+,24+/m1/s1. The number of carbonyl (C=O) groups excluding carboxylic acids is 2. The Morgan fingerprint density at radius 2 is 1.63 bits per heavy atom. The summed E-state index contributed by atoms with van der Waals surface area (Å²) in [5.74, 6) is -1.74. The first-order valence-electron chi connectivity index (χ1n) is 12.5. The molecule has 3 atom stereocenters. The number of alkyl halides is 3. The van der Waals surface area contributed by atoms with Gasteiger partial charge in [0, 0.05) is 23.8 Å². The summed E-state index contributed by atoms with van der Waals surface area (Å²) in [7, 11) is -1.60. The lowest BCUT2D eigenvalue weighted by atomic mass is 9.81. The van der Waals surface area contributed by atoms with E-state index in [1.165, 1.54) is 0 Å². The number of hydrogen-bond donors (Lipinski definition) is 2. The van der Waals surface area contributed by atoms with E-state index in [0.717, 1.165) is 30.7 Å². The molecule has 1 saturated carbocycles. The number of amides is 2. The molecule has 0 aromatic heterocycles. The van der Waals surface area contributed by atoms with Crippen LogP contribution in [0.5, 0.6) is 0 Å². The molecule has 7 nitrogen and oxygen atoms in total. The molecule has 2 amide bonds. The Balaban J connectivity index is 1.66. The van der Waals surface area contributed by atoms with E-state index in [0.29, 0.717) is 12.8 Å². The molecule has 0 heterocycles. The van der Waals surface area contributed by atoms with Gasteiger partial charge in [-0.25, -0.2) is 8.42 Å². The van der Waals surface area contributed by atoms with E-state index in [1.807, 2.05) is 7.05 Å². The second kappa shape index (κ2) is 12.3. The summed E-state index contributed by atoms with van der Waals surface area (Å²) in [6.45, 7) is 4.14. The number of benzene rings is 2. The molecule has 0 unspecified atom stereocenters. The molecule has 11 heteroatoms. The van der Waals surface area contributed by atoms with Gasteiger partial charge in [-0.15, -0.1) is 0 Å². The topological polar surface area (TPSA) is 95.6 Å². The molecule has 2 N–H and O–H groups in total. The first-order chi connectivity index (χ1) is 17.8. The second-order valence-corrected chi connectivity index (χ2v) is 12.1. The van der Waals surface area contributed by atoms with Gasteiger partial charge in [0.25, 0.3) is 0 Å². The number of carbonyl (C=O) groups is 2. The molecular formula is C27H34F3N3O4S. The maximum atomic E-state index is 13.1. The zero-order valence-electron chi connectivity index (χ0n) is 21.7. The number of sulfone groups is 1. The normalized spacial score (nSPS) is 20.4. The van der Waals surface area contributed by atoms with Crippen LogP contribution < -0.4 is 10.6 Å². The highest BCUT2D eigenvalue weighted by molar-refractivity contribution is 7.91. The van der Waals surface area contributed by atoms with Crippen molar-refractivity contribution in [3.05, 3.63) is 60.2 Å². The van der Waals surface area contributed by atoms with E-state index in [2.05, 4.69) is 29.4 Å². The minimum absolute atomic E-state index is 0.137. The van der Waals surface area contributed by atoms with E-state index in [-0.39, 0.29) is 34.3 Å². The van der Waals surface area contributed by atoms with Gasteiger partial charge in [-0.3, -0.25) is 9.59 Å². The fraction of sp³-hybridized carbons (Fsp3) is 0.481. The number of halogens is 3. The summed E-state index contributed by atoms with van der Waals surface area (Å²) >= 11 is 0. The van der Waals surface area contributed by atoms with Crippen LogP contribution in [0.25, 0.3) is 0 Å². The molecule has 1 aliphatic rings. The van der Waals surface area contributed by atoms with Crippen molar-refractivity contribution >= 4 is 27.3 Å². The number of nitrogens with one attached hydrogen (secondary N) is 2. The predicted molar refractivity (Wildman–Crippen MR) is 139 cm³/mol. The lowest BCUT2D eigenvalue weighted by Gasteiger charge is -2.41. The van der Waals surface area contributed by atoms with E-state index < -0.39 is 45.9 Å². The summed E-state index contributed by atoms with van der Waals surface area (Å²) in [5.41, 5.74) is -0.705. The third-order valence-corrected chi connectivity index (χ3v) is 8.90. The SMILES string of the molecule is CC(C)N(C)[C@H]1CC[C@H](NC(=O)CC(=O)Nc2ccc(C(F)(F)F)cc2)[C@@H](CS(=O)(=O)c2ccccc2)C1. The quantitative estimate of drug-likeness (QED) is 0.446. The minimum atomic E-state index is -4.49. The summed E-state index contributed by atoms with van der Waals surface area (Å²) < 4.78 is 64.5. The summed E-state index contributed by atoms with van der Waals surface area (Å²) in [5, 5.41) is 5.27. The molecule has 208 valence electrons. The van der Waals surface area contributed by atoms with E-state index in [1.54, 1.807) is 30.3 Å². The highest BCUT2D eigenvalue weighted by atomic mass is 32.2. The zero-order chi connectivity index (χ0) is 28.1. The van der Waals surface area contributed by atoms with Crippen LogP contribution in [0.15, 0.2) is 59.5 Å². The lowest BCUT2D eigenvalue weighted by Crippen LogP contribution is -2.51. The van der Waals surface area contributed by atoms with Gasteiger partial charge in [-0.1, -0.05) is 18.2 Å². The molecule has 3 rings (SSSR count). The van der Waals surface area contributed by atoms with Crippen molar-refractivity contribution in [3.63, 3.8) is 0 Å². The van der Waals surface area contributed by atoms with Gasteiger partial charge in [0.15, 0.2) is 9.84 Å². The van der Waals surface area contributed by atoms with E-state index in [9.17, 15) is 31.2 Å². The molecule has 0 saturated heterocycles. The van der Waals surface area contributed by atoms with Gasteiger partial charge in [0.2, 0.25) is 11.8 Å². The summed E-state index contributed by atoms with van der Waals surface area (Å²) in [6, 6.07) is 12.1. The second-order valence-electron chi connectivity index (χ2n) is 10.1. The van der Waals surface area contributed by atoms with Crippen molar-refractivity contribution in [1.82, 2.24) is 10.2 Å². The number of anilines is 1. The molecule has 0 aliphatic heterocycles. The average molecular weight is 554 g/mol. The highest BCUT2D eigenvalue weighted by Gasteiger charge is 2.37. The minimum Gasteiger partial charge on any atom is -0.353 e. The molecule has 0 radical (unpaired) electrons. The Morgan fingerprint density at radius 1 is 1.00 bits per heavy atom. The lowest BCUT2D eigenvalue weighted by molar-refractivity contribution is -0.137. The predicted octanol–water partition coefficient (Wildman–Crippen LogP) is 4.50. The Bertz CT molecular complexity index is 1200. The van der Waals surface area contributed by atoms with Crippen LogP contribution in [-0.4, -0.2) is 56.1 Å². The monoisotopic (exact) mass is 553 g/mol. The van der Waals surface area contributed by atoms with Gasteiger partial charge >= 0.3 is 6.18 Å². The first kappa shape index (κ1) is 29.6. The molecule has 2 aromatic rings. The van der Waals surface area contributed by atoms with Crippen molar-refractivity contribution in [2.75, 3.05) is 18.1 Å². The molecule has 0 spiro atoms. The fourth-order valence-corrected chi connectivity index (χ4v) is 6.46. The van der Waals surface area contributed by atoms with Gasteiger partial charge in [-0.05, 0) is 82.5 Å². The Kier molecular flexibility index (Phi) is 9.59. The van der Waals surface area contributed by atoms with Crippen LogP contribution in [0.2, 0.25) is 0 Å². The average Bonchev–Trinajstić information content (AvgIpc) is 2.84. The molecule has 0 bridgehead atoms. The van der Waals surface area contributed by atoms with Gasteiger partial charge in [0.05, 0.1) is 16.2 Å². The van der Waals surface area contributed by atoms with Crippen LogP contribution >= 0.6 is 0 Å². The van der Waals surface area contributed by atoms with Crippen LogP contribution in [0.1, 0.15) is 45.1 Å². The molecule has 2 aromatic carbocycles. The third kappa shape index (κ3) is 8.04. The maximum Gasteiger partial charge on any atom is 0.416 e. The zero-order valence-corrected chi connectivity index (χ0v) is 22.5. The van der Waals surface area contributed by atoms with Crippen molar-refractivity contribution in [3.8, 4) is 0 Å². The van der Waals surface area contributed by atoms with E-state index in [4.69, 9.17) is 0 Å². The first-order valence-corrected chi connectivity index (χ1v) is 14.2. The largest absolute Gasteiger partial charge is 0.416 e. The van der Waals surface area contributed by atoms with Crippen LogP contribution in [0.3, 0.4) is 0 Å².